The van der Waals surface area contributed by atoms with Crippen molar-refractivity contribution in [3.8, 4) is 0 Å². The van der Waals surface area contributed by atoms with E-state index in [4.69, 9.17) is 9.97 Å². The maximum absolute atomic E-state index is 13.1. The van der Waals surface area contributed by atoms with E-state index in [1.807, 2.05) is 47.5 Å². The number of aromatic amines is 1. The molecule has 4 aromatic rings. The van der Waals surface area contributed by atoms with Crippen LogP contribution in [0, 0.1) is 0 Å². The molecular formula is C25H22N6O4S. The van der Waals surface area contributed by atoms with Crippen molar-refractivity contribution >= 4 is 67.5 Å². The first-order valence-corrected chi connectivity index (χ1v) is 12.4. The summed E-state index contributed by atoms with van der Waals surface area (Å²) < 4.78 is 0. The van der Waals surface area contributed by atoms with Crippen molar-refractivity contribution in [2.24, 2.45) is 0 Å². The smallest absolute Gasteiger partial charge is 0.405 e. The van der Waals surface area contributed by atoms with Crippen molar-refractivity contribution in [1.82, 2.24) is 25.6 Å². The van der Waals surface area contributed by atoms with Crippen molar-refractivity contribution in [1.29, 1.82) is 0 Å². The standard InChI is InChI=1S/C25H22N6O4S/c1-25(30-24(34)35)7-9-31(10-8-25)23-27-16-5-3-2-4-14(16)19(28-23)18-17(20(32)29-21(18)33)15-12-26-22-13(15)6-11-36-22/h2-6,11-12,26,30H,7-10H2,1H3,(H,34,35)(H,29,32,33). The van der Waals surface area contributed by atoms with Gasteiger partial charge >= 0.3 is 6.09 Å². The Morgan fingerprint density at radius 1 is 1.08 bits per heavy atom. The van der Waals surface area contributed by atoms with E-state index in [0.29, 0.717) is 54.0 Å². The summed E-state index contributed by atoms with van der Waals surface area (Å²) in [6.07, 6.45) is 1.87. The number of benzene rings is 1. The van der Waals surface area contributed by atoms with E-state index >= 15 is 0 Å². The van der Waals surface area contributed by atoms with Gasteiger partial charge in [0.1, 0.15) is 4.83 Å². The Balaban J connectivity index is 1.49. The number of carboxylic acid groups (broad SMARTS) is 1. The predicted octanol–water partition coefficient (Wildman–Crippen LogP) is 3.37. The van der Waals surface area contributed by atoms with Gasteiger partial charge in [-0.05, 0) is 37.3 Å². The molecule has 0 aliphatic carbocycles. The fourth-order valence-electron chi connectivity index (χ4n) is 4.97. The SMILES string of the molecule is CC1(NC(=O)O)CCN(c2nc(C3=C(c4c[nH]c5sccc45)C(=O)NC3=O)c3ccccc3n2)CC1. The number of amides is 3. The van der Waals surface area contributed by atoms with Crippen LogP contribution in [0.1, 0.15) is 31.0 Å². The largest absolute Gasteiger partial charge is 0.465 e. The van der Waals surface area contributed by atoms with E-state index in [1.165, 1.54) is 11.3 Å². The number of imide groups is 1. The van der Waals surface area contributed by atoms with Crippen molar-refractivity contribution in [3.63, 3.8) is 0 Å². The minimum atomic E-state index is -1.05. The Morgan fingerprint density at radius 3 is 2.61 bits per heavy atom. The topological polar surface area (TPSA) is 140 Å². The van der Waals surface area contributed by atoms with Crippen LogP contribution in [0.4, 0.5) is 10.7 Å². The van der Waals surface area contributed by atoms with Crippen molar-refractivity contribution in [2.45, 2.75) is 25.3 Å². The number of carbonyl (C=O) groups is 3. The summed E-state index contributed by atoms with van der Waals surface area (Å²) in [7, 11) is 0. The highest BCUT2D eigenvalue weighted by Crippen LogP contribution is 2.38. The first-order chi connectivity index (χ1) is 17.3. The molecular weight excluding hydrogens is 480 g/mol. The van der Waals surface area contributed by atoms with Gasteiger partial charge in [-0.3, -0.25) is 14.9 Å². The fourth-order valence-corrected chi connectivity index (χ4v) is 5.75. The van der Waals surface area contributed by atoms with Gasteiger partial charge in [0.15, 0.2) is 0 Å². The maximum atomic E-state index is 13.1. The van der Waals surface area contributed by atoms with Crippen molar-refractivity contribution < 1.29 is 19.5 Å². The zero-order valence-corrected chi connectivity index (χ0v) is 20.1. The Bertz CT molecular complexity index is 1590. The molecule has 11 heteroatoms. The fraction of sp³-hybridized carbons (Fsp3) is 0.240. The number of piperidine rings is 1. The Morgan fingerprint density at radius 2 is 1.83 bits per heavy atom. The Hall–Kier alpha value is -4.25. The molecule has 0 saturated carbocycles. The van der Waals surface area contributed by atoms with Gasteiger partial charge in [0.25, 0.3) is 11.8 Å². The molecule has 6 rings (SSSR count). The second kappa shape index (κ2) is 8.16. The minimum absolute atomic E-state index is 0.223. The highest BCUT2D eigenvalue weighted by Gasteiger charge is 2.37. The molecule has 1 fully saturated rings. The van der Waals surface area contributed by atoms with Gasteiger partial charge < -0.3 is 20.3 Å². The molecule has 0 atom stereocenters. The summed E-state index contributed by atoms with van der Waals surface area (Å²) in [5.41, 5.74) is 1.69. The number of nitrogens with one attached hydrogen (secondary N) is 3. The third-order valence-corrected chi connectivity index (χ3v) is 7.74. The Kier molecular flexibility index (Phi) is 5.04. The number of para-hydroxylation sites is 1. The van der Waals surface area contributed by atoms with Crippen molar-refractivity contribution in [3.05, 3.63) is 53.2 Å². The lowest BCUT2D eigenvalue weighted by Gasteiger charge is -2.39. The average molecular weight is 503 g/mol. The molecule has 3 aromatic heterocycles. The van der Waals surface area contributed by atoms with Gasteiger partial charge in [-0.25, -0.2) is 14.8 Å². The number of anilines is 1. The molecule has 2 aliphatic heterocycles. The first-order valence-electron chi connectivity index (χ1n) is 11.5. The van der Waals surface area contributed by atoms with Gasteiger partial charge in [0.05, 0.1) is 22.4 Å². The van der Waals surface area contributed by atoms with E-state index in [2.05, 4.69) is 15.6 Å². The zero-order chi connectivity index (χ0) is 25.0. The quantitative estimate of drug-likeness (QED) is 0.314. The molecule has 2 aliphatic rings. The summed E-state index contributed by atoms with van der Waals surface area (Å²) in [6, 6.07) is 9.33. The third kappa shape index (κ3) is 3.59. The van der Waals surface area contributed by atoms with Crippen LogP contribution < -0.4 is 15.5 Å². The molecule has 1 saturated heterocycles. The van der Waals surface area contributed by atoms with E-state index in [1.54, 1.807) is 6.20 Å². The third-order valence-electron chi connectivity index (χ3n) is 6.89. The predicted molar refractivity (Wildman–Crippen MR) is 137 cm³/mol. The van der Waals surface area contributed by atoms with Crippen LogP contribution in [0.25, 0.3) is 32.3 Å². The summed E-state index contributed by atoms with van der Waals surface area (Å²) in [5.74, 6) is -0.513. The zero-order valence-electron chi connectivity index (χ0n) is 19.3. The van der Waals surface area contributed by atoms with E-state index in [9.17, 15) is 19.5 Å². The van der Waals surface area contributed by atoms with Gasteiger partial charge in [-0.2, -0.15) is 0 Å². The number of aromatic nitrogens is 3. The van der Waals surface area contributed by atoms with E-state index < -0.39 is 23.4 Å². The number of hydrogen-bond acceptors (Lipinski definition) is 7. The lowest BCUT2D eigenvalue weighted by Crippen LogP contribution is -2.53. The maximum Gasteiger partial charge on any atom is 0.405 e. The van der Waals surface area contributed by atoms with E-state index in [0.717, 1.165) is 10.2 Å². The van der Waals surface area contributed by atoms with Crippen molar-refractivity contribution in [2.75, 3.05) is 18.0 Å². The van der Waals surface area contributed by atoms with Gasteiger partial charge in [0.2, 0.25) is 5.95 Å². The number of hydrogen-bond donors (Lipinski definition) is 4. The highest BCUT2D eigenvalue weighted by molar-refractivity contribution is 7.16. The molecule has 36 heavy (non-hydrogen) atoms. The average Bonchev–Trinajstić information content (AvgIpc) is 3.53. The second-order valence-electron chi connectivity index (χ2n) is 9.27. The summed E-state index contributed by atoms with van der Waals surface area (Å²) in [5, 5.41) is 17.7. The van der Waals surface area contributed by atoms with Crippen LogP contribution in [-0.2, 0) is 9.59 Å². The Labute approximate surface area is 209 Å². The second-order valence-corrected chi connectivity index (χ2v) is 10.2. The number of H-pyrrole nitrogens is 1. The minimum Gasteiger partial charge on any atom is -0.465 e. The molecule has 182 valence electrons. The summed E-state index contributed by atoms with van der Waals surface area (Å²) in [4.78, 5) is 53.0. The number of carbonyl (C=O) groups excluding carboxylic acids is 2. The lowest BCUT2D eigenvalue weighted by molar-refractivity contribution is -0.122. The lowest BCUT2D eigenvalue weighted by atomic mass is 9.90. The van der Waals surface area contributed by atoms with Gasteiger partial charge in [-0.1, -0.05) is 18.2 Å². The molecule has 0 radical (unpaired) electrons. The highest BCUT2D eigenvalue weighted by atomic mass is 32.1. The van der Waals surface area contributed by atoms with Crippen LogP contribution in [-0.4, -0.2) is 56.6 Å². The molecule has 1 aromatic carbocycles. The first kappa shape index (κ1) is 22.2. The number of thiophene rings is 1. The van der Waals surface area contributed by atoms with Crippen LogP contribution >= 0.6 is 11.3 Å². The molecule has 4 N–H and O–H groups in total. The molecule has 10 nitrogen and oxygen atoms in total. The molecule has 5 heterocycles. The van der Waals surface area contributed by atoms with Gasteiger partial charge in [0, 0.05) is 41.2 Å². The normalized spacial score (nSPS) is 17.8. The van der Waals surface area contributed by atoms with Crippen LogP contribution in [0.15, 0.2) is 41.9 Å². The molecule has 3 amide bonds. The number of nitrogens with zero attached hydrogens (tertiary/aromatic N) is 3. The van der Waals surface area contributed by atoms with Crippen LogP contribution in [0.5, 0.6) is 0 Å². The number of rotatable bonds is 4. The van der Waals surface area contributed by atoms with E-state index in [-0.39, 0.29) is 11.1 Å². The molecule has 0 unspecified atom stereocenters. The monoisotopic (exact) mass is 502 g/mol. The number of fused-ring (bicyclic) bond motifs is 2. The molecule has 0 spiro atoms. The summed E-state index contributed by atoms with van der Waals surface area (Å²) >= 11 is 1.52. The summed E-state index contributed by atoms with van der Waals surface area (Å²) in [6.45, 7) is 2.97. The van der Waals surface area contributed by atoms with Crippen LogP contribution in [0.2, 0.25) is 0 Å². The molecule has 0 bridgehead atoms. The van der Waals surface area contributed by atoms with Crippen LogP contribution in [0.3, 0.4) is 0 Å². The van der Waals surface area contributed by atoms with Gasteiger partial charge in [-0.15, -0.1) is 11.3 Å².